The maximum absolute atomic E-state index is 13.1. The first-order valence-electron chi connectivity index (χ1n) is 8.09. The average Bonchev–Trinajstić information content (AvgIpc) is 2.63. The fourth-order valence-corrected chi connectivity index (χ4v) is 3.18. The van der Waals surface area contributed by atoms with Gasteiger partial charge in [0.1, 0.15) is 5.92 Å². The normalized spacial score (nSPS) is 12.3. The number of amides is 1. The van der Waals surface area contributed by atoms with E-state index in [1.165, 1.54) is 0 Å². The number of carbonyl (C=O) groups excluding carboxylic acids is 1. The van der Waals surface area contributed by atoms with Gasteiger partial charge in [-0.25, -0.2) is 0 Å². The summed E-state index contributed by atoms with van der Waals surface area (Å²) in [6.45, 7) is 0.541. The summed E-state index contributed by atoms with van der Waals surface area (Å²) in [5.74, 6) is -1.00. The van der Waals surface area contributed by atoms with Crippen LogP contribution in [0.2, 0.25) is 5.02 Å². The molecule has 0 saturated heterocycles. The van der Waals surface area contributed by atoms with Crippen molar-refractivity contribution in [1.29, 1.82) is 0 Å². The molecular weight excluding hydrogens is 431 g/mol. The fraction of sp³-hybridized carbons (Fsp3) is 0.278. The highest BCUT2D eigenvalue weighted by molar-refractivity contribution is 7.98. The Balaban J connectivity index is 2.38. The second kappa shape index (κ2) is 10.1. The van der Waals surface area contributed by atoms with Crippen molar-refractivity contribution < 1.29 is 18.0 Å². The number of carbonyl (C=O) groups is 1. The lowest BCUT2D eigenvalue weighted by Crippen LogP contribution is -2.42. The van der Waals surface area contributed by atoms with Crippen molar-refractivity contribution in [1.82, 2.24) is 15.6 Å². The van der Waals surface area contributed by atoms with Crippen molar-refractivity contribution in [3.05, 3.63) is 64.4 Å². The third-order valence-electron chi connectivity index (χ3n) is 3.71. The van der Waals surface area contributed by atoms with E-state index in [0.717, 1.165) is 24.1 Å². The molecule has 2 aromatic rings. The summed E-state index contributed by atoms with van der Waals surface area (Å²) in [6.07, 6.45) is -1.62. The molecule has 150 valence electrons. The largest absolute Gasteiger partial charge is 0.416 e. The van der Waals surface area contributed by atoms with Crippen LogP contribution in [0.15, 0.2) is 42.6 Å². The van der Waals surface area contributed by atoms with Crippen molar-refractivity contribution in [2.45, 2.75) is 12.1 Å². The van der Waals surface area contributed by atoms with E-state index in [9.17, 15) is 18.0 Å². The molecule has 1 aromatic heterocycles. The first-order valence-corrected chi connectivity index (χ1v) is 10.3. The Morgan fingerprint density at radius 3 is 2.68 bits per heavy atom. The summed E-state index contributed by atoms with van der Waals surface area (Å²) in [6, 6.07) is 8.12. The van der Waals surface area contributed by atoms with Gasteiger partial charge in [0.15, 0.2) is 5.11 Å². The summed E-state index contributed by atoms with van der Waals surface area (Å²) in [5, 5.41) is 5.71. The van der Waals surface area contributed by atoms with Crippen LogP contribution in [0.25, 0.3) is 0 Å². The lowest BCUT2D eigenvalue weighted by Gasteiger charge is -2.19. The minimum absolute atomic E-state index is 0.0765. The van der Waals surface area contributed by atoms with Crippen LogP contribution >= 0.6 is 35.6 Å². The van der Waals surface area contributed by atoms with Crippen LogP contribution in [0, 0.1) is 0 Å². The molecule has 1 atom stereocenters. The van der Waals surface area contributed by atoms with E-state index >= 15 is 0 Å². The maximum atomic E-state index is 13.1. The predicted molar refractivity (Wildman–Crippen MR) is 110 cm³/mol. The molecule has 0 aliphatic rings. The number of hydrogen-bond acceptors (Lipinski definition) is 4. The van der Waals surface area contributed by atoms with Crippen LogP contribution in [0.4, 0.5) is 13.2 Å². The summed E-state index contributed by atoms with van der Waals surface area (Å²) in [4.78, 5) is 16.9. The van der Waals surface area contributed by atoms with E-state index in [1.807, 2.05) is 6.26 Å². The van der Waals surface area contributed by atoms with Crippen LogP contribution in [0.1, 0.15) is 22.7 Å². The highest BCUT2D eigenvalue weighted by atomic mass is 35.5. The molecule has 2 N–H and O–H groups in total. The molecule has 2 rings (SSSR count). The molecule has 10 heteroatoms. The molecule has 0 bridgehead atoms. The Labute approximate surface area is 175 Å². The number of nitrogens with zero attached hydrogens (tertiary/aromatic N) is 1. The van der Waals surface area contributed by atoms with Gasteiger partial charge in [-0.05, 0) is 42.2 Å². The topological polar surface area (TPSA) is 54.0 Å². The number of rotatable bonds is 6. The first-order chi connectivity index (χ1) is 13.2. The number of nitrogens with one attached hydrogen (secondary N) is 2. The highest BCUT2D eigenvalue weighted by Crippen LogP contribution is 2.34. The van der Waals surface area contributed by atoms with Gasteiger partial charge in [-0.3, -0.25) is 9.78 Å². The third kappa shape index (κ3) is 6.08. The molecule has 0 spiro atoms. The number of alkyl halides is 3. The highest BCUT2D eigenvalue weighted by Gasteiger charge is 2.33. The van der Waals surface area contributed by atoms with Crippen LogP contribution < -0.4 is 10.6 Å². The molecule has 0 fully saturated rings. The Bertz CT molecular complexity index is 849. The van der Waals surface area contributed by atoms with Crippen molar-refractivity contribution in [2.75, 3.05) is 18.6 Å². The lowest BCUT2D eigenvalue weighted by atomic mass is 9.93. The standard InChI is InChI=1S/C18H17ClF3N3OS2/c1-28-9-8-24-17(27)25-16(26)15(12-4-2-3-5-13(12)19)14-10-11(6-7-23-14)18(20,21)22/h2-7,10,15H,8-9H2,1H3,(H2,24,25,26,27). The number of hydrogen-bond donors (Lipinski definition) is 2. The van der Waals surface area contributed by atoms with Gasteiger partial charge in [0.2, 0.25) is 5.91 Å². The summed E-state index contributed by atoms with van der Waals surface area (Å²) < 4.78 is 39.3. The van der Waals surface area contributed by atoms with E-state index in [1.54, 1.807) is 36.0 Å². The van der Waals surface area contributed by atoms with Gasteiger partial charge >= 0.3 is 6.18 Å². The first kappa shape index (κ1) is 22.4. The Morgan fingerprint density at radius 2 is 2.04 bits per heavy atom. The number of halogens is 4. The Kier molecular flexibility index (Phi) is 8.09. The van der Waals surface area contributed by atoms with Crippen molar-refractivity contribution in [3.63, 3.8) is 0 Å². The molecule has 0 saturated carbocycles. The zero-order valence-electron chi connectivity index (χ0n) is 14.7. The zero-order chi connectivity index (χ0) is 20.7. The predicted octanol–water partition coefficient (Wildman–Crippen LogP) is 4.24. The lowest BCUT2D eigenvalue weighted by molar-refractivity contribution is -0.137. The molecule has 0 aliphatic carbocycles. The van der Waals surface area contributed by atoms with E-state index in [0.29, 0.717) is 12.1 Å². The third-order valence-corrected chi connectivity index (χ3v) is 4.91. The van der Waals surface area contributed by atoms with Gasteiger partial charge in [0.05, 0.1) is 11.3 Å². The molecule has 1 heterocycles. The van der Waals surface area contributed by atoms with Gasteiger partial charge < -0.3 is 10.6 Å². The number of benzene rings is 1. The van der Waals surface area contributed by atoms with Crippen molar-refractivity contribution >= 4 is 46.6 Å². The Hall–Kier alpha value is -1.84. The van der Waals surface area contributed by atoms with Crippen molar-refractivity contribution in [3.8, 4) is 0 Å². The molecule has 1 amide bonds. The van der Waals surface area contributed by atoms with Gasteiger partial charge in [0, 0.05) is 23.5 Å². The molecule has 4 nitrogen and oxygen atoms in total. The smallest absolute Gasteiger partial charge is 0.362 e. The van der Waals surface area contributed by atoms with E-state index < -0.39 is 23.6 Å². The molecule has 0 aliphatic heterocycles. The van der Waals surface area contributed by atoms with Crippen molar-refractivity contribution in [2.24, 2.45) is 0 Å². The van der Waals surface area contributed by atoms with Gasteiger partial charge in [-0.15, -0.1) is 0 Å². The summed E-state index contributed by atoms with van der Waals surface area (Å²) in [7, 11) is 0. The quantitative estimate of drug-likeness (QED) is 0.512. The zero-order valence-corrected chi connectivity index (χ0v) is 17.1. The summed E-state index contributed by atoms with van der Waals surface area (Å²) in [5.41, 5.74) is -0.643. The molecular formula is C18H17ClF3N3OS2. The minimum Gasteiger partial charge on any atom is -0.362 e. The van der Waals surface area contributed by atoms with Crippen LogP contribution in [0.5, 0.6) is 0 Å². The van der Waals surface area contributed by atoms with Gasteiger partial charge in [-0.2, -0.15) is 24.9 Å². The summed E-state index contributed by atoms with van der Waals surface area (Å²) >= 11 is 12.9. The maximum Gasteiger partial charge on any atom is 0.416 e. The molecule has 1 unspecified atom stereocenters. The van der Waals surface area contributed by atoms with Gasteiger partial charge in [-0.1, -0.05) is 29.8 Å². The van der Waals surface area contributed by atoms with E-state index in [-0.39, 0.29) is 15.8 Å². The average molecular weight is 448 g/mol. The van der Waals surface area contributed by atoms with E-state index in [2.05, 4.69) is 15.6 Å². The van der Waals surface area contributed by atoms with Gasteiger partial charge in [0.25, 0.3) is 0 Å². The number of thiocarbonyl (C=S) groups is 1. The second-order valence-electron chi connectivity index (χ2n) is 5.66. The molecule has 1 aromatic carbocycles. The monoisotopic (exact) mass is 447 g/mol. The number of pyridine rings is 1. The van der Waals surface area contributed by atoms with Crippen LogP contribution in [0.3, 0.4) is 0 Å². The second-order valence-corrected chi connectivity index (χ2v) is 7.46. The number of aromatic nitrogens is 1. The number of thioether (sulfide) groups is 1. The minimum atomic E-state index is -4.56. The molecule has 28 heavy (non-hydrogen) atoms. The fourth-order valence-electron chi connectivity index (χ4n) is 2.42. The van der Waals surface area contributed by atoms with Crippen LogP contribution in [-0.4, -0.2) is 34.6 Å². The molecule has 0 radical (unpaired) electrons. The Morgan fingerprint density at radius 1 is 1.32 bits per heavy atom. The SMILES string of the molecule is CSCCNC(=S)NC(=O)C(c1cc(C(F)(F)F)ccn1)c1ccccc1Cl. The van der Waals surface area contributed by atoms with Crippen LogP contribution in [-0.2, 0) is 11.0 Å². The van der Waals surface area contributed by atoms with E-state index in [4.69, 9.17) is 23.8 Å².